The van der Waals surface area contributed by atoms with E-state index in [2.05, 4.69) is 30.9 Å². The van der Waals surface area contributed by atoms with Crippen LogP contribution in [0.4, 0.5) is 0 Å². The number of nitrogens with zero attached hydrogens (tertiary/aromatic N) is 1. The largest absolute Gasteiger partial charge is 0.459 e. The molecule has 0 aliphatic carbocycles. The average molecular weight is 288 g/mol. The number of benzene rings is 1. The first-order valence-electron chi connectivity index (χ1n) is 7.78. The zero-order chi connectivity index (χ0) is 14.8. The molecule has 2 aromatic rings. The minimum absolute atomic E-state index is 0.119. The lowest BCUT2D eigenvalue weighted by Gasteiger charge is -2.42. The van der Waals surface area contributed by atoms with Crippen LogP contribution in [0, 0.1) is 0 Å². The van der Waals surface area contributed by atoms with Crippen molar-refractivity contribution in [3.8, 4) is 0 Å². The maximum atomic E-state index is 6.08. The number of hydrogen-bond donors (Lipinski definition) is 1. The van der Waals surface area contributed by atoms with Gasteiger partial charge in [0.1, 0.15) is 11.3 Å². The summed E-state index contributed by atoms with van der Waals surface area (Å²) in [6, 6.07) is 10.8. The summed E-state index contributed by atoms with van der Waals surface area (Å²) in [5, 5.41) is 1.14. The average Bonchev–Trinajstić information content (AvgIpc) is 2.92. The molecule has 0 spiro atoms. The van der Waals surface area contributed by atoms with E-state index in [1.165, 1.54) is 0 Å². The quantitative estimate of drug-likeness (QED) is 0.940. The van der Waals surface area contributed by atoms with E-state index in [1.807, 2.05) is 18.2 Å². The molecule has 1 aliphatic heterocycles. The Balaban J connectivity index is 1.92. The van der Waals surface area contributed by atoms with Crippen LogP contribution in [-0.2, 0) is 4.74 Å². The van der Waals surface area contributed by atoms with Gasteiger partial charge in [-0.2, -0.15) is 0 Å². The Morgan fingerprint density at radius 1 is 1.38 bits per heavy atom. The summed E-state index contributed by atoms with van der Waals surface area (Å²) in [5.74, 6) is 0.964. The Hall–Kier alpha value is -1.36. The molecule has 1 aromatic heterocycles. The third-order valence-corrected chi connectivity index (χ3v) is 4.38. The van der Waals surface area contributed by atoms with Crippen molar-refractivity contribution in [1.82, 2.24) is 4.90 Å². The third kappa shape index (κ3) is 2.84. The molecule has 3 atom stereocenters. The Morgan fingerprint density at radius 2 is 2.19 bits per heavy atom. The molecule has 21 heavy (non-hydrogen) atoms. The molecular weight excluding hydrogens is 264 g/mol. The number of nitrogens with two attached hydrogens (primary N) is 1. The zero-order valence-electron chi connectivity index (χ0n) is 12.8. The number of ether oxygens (including phenoxy) is 1. The van der Waals surface area contributed by atoms with Crippen LogP contribution in [0.3, 0.4) is 0 Å². The van der Waals surface area contributed by atoms with E-state index in [-0.39, 0.29) is 12.1 Å². The van der Waals surface area contributed by atoms with Gasteiger partial charge in [-0.3, -0.25) is 4.90 Å². The second kappa shape index (κ2) is 6.18. The van der Waals surface area contributed by atoms with Crippen molar-refractivity contribution in [3.05, 3.63) is 36.1 Å². The summed E-state index contributed by atoms with van der Waals surface area (Å²) in [4.78, 5) is 2.45. The van der Waals surface area contributed by atoms with Gasteiger partial charge < -0.3 is 14.9 Å². The molecule has 114 valence electrons. The summed E-state index contributed by atoms with van der Waals surface area (Å²) in [6.07, 6.45) is 1.30. The van der Waals surface area contributed by atoms with E-state index in [1.54, 1.807) is 0 Å². The minimum Gasteiger partial charge on any atom is -0.459 e. The Bertz CT molecular complexity index is 562. The minimum atomic E-state index is 0.119. The van der Waals surface area contributed by atoms with Crippen LogP contribution in [0.25, 0.3) is 11.0 Å². The molecule has 0 radical (unpaired) electrons. The van der Waals surface area contributed by atoms with Crippen LogP contribution in [0.1, 0.15) is 32.1 Å². The van der Waals surface area contributed by atoms with Crippen LogP contribution >= 0.6 is 0 Å². The molecule has 1 fully saturated rings. The van der Waals surface area contributed by atoms with Crippen molar-refractivity contribution in [1.29, 1.82) is 0 Å². The summed E-state index contributed by atoms with van der Waals surface area (Å²) < 4.78 is 11.8. The lowest BCUT2D eigenvalue weighted by atomic mass is 10.0. The van der Waals surface area contributed by atoms with Crippen molar-refractivity contribution in [2.24, 2.45) is 5.73 Å². The van der Waals surface area contributed by atoms with Crippen LogP contribution in [0.2, 0.25) is 0 Å². The van der Waals surface area contributed by atoms with Crippen molar-refractivity contribution in [3.63, 3.8) is 0 Å². The fourth-order valence-electron chi connectivity index (χ4n) is 3.19. The zero-order valence-corrected chi connectivity index (χ0v) is 12.8. The third-order valence-electron chi connectivity index (χ3n) is 4.38. The highest BCUT2D eigenvalue weighted by Gasteiger charge is 2.33. The van der Waals surface area contributed by atoms with Crippen molar-refractivity contribution in [2.45, 2.75) is 38.5 Å². The molecule has 3 unspecified atom stereocenters. The van der Waals surface area contributed by atoms with Gasteiger partial charge in [-0.25, -0.2) is 0 Å². The maximum absolute atomic E-state index is 6.08. The van der Waals surface area contributed by atoms with E-state index in [9.17, 15) is 0 Å². The second-order valence-electron chi connectivity index (χ2n) is 5.84. The Morgan fingerprint density at radius 3 is 2.90 bits per heavy atom. The monoisotopic (exact) mass is 288 g/mol. The molecule has 4 nitrogen and oxygen atoms in total. The summed E-state index contributed by atoms with van der Waals surface area (Å²) in [6.45, 7) is 6.54. The van der Waals surface area contributed by atoms with Gasteiger partial charge in [0, 0.05) is 24.5 Å². The van der Waals surface area contributed by atoms with Crippen LogP contribution in [-0.4, -0.2) is 36.7 Å². The normalized spacial score (nSPS) is 25.3. The molecule has 0 saturated carbocycles. The number of fused-ring (bicyclic) bond motifs is 1. The standard InChI is InChI=1S/C17H24N2O2/c1-3-14-11-20-12(2)10-19(14)15(9-18)17-8-13-6-4-5-7-16(13)21-17/h4-8,12,14-15H,3,9-11,18H2,1-2H3. The topological polar surface area (TPSA) is 51.6 Å². The molecule has 2 heterocycles. The molecule has 0 bridgehead atoms. The van der Waals surface area contributed by atoms with E-state index in [0.717, 1.165) is 36.3 Å². The maximum Gasteiger partial charge on any atom is 0.134 e. The highest BCUT2D eigenvalue weighted by atomic mass is 16.5. The first-order valence-corrected chi connectivity index (χ1v) is 7.78. The van der Waals surface area contributed by atoms with E-state index < -0.39 is 0 Å². The molecule has 3 rings (SSSR count). The summed E-state index contributed by atoms with van der Waals surface area (Å²) in [5.41, 5.74) is 7.01. The number of hydrogen-bond acceptors (Lipinski definition) is 4. The number of furan rings is 1. The van der Waals surface area contributed by atoms with Gasteiger partial charge in [0.2, 0.25) is 0 Å². The number of morpholine rings is 1. The highest BCUT2D eigenvalue weighted by Crippen LogP contribution is 2.30. The SMILES string of the molecule is CCC1COC(C)CN1C(CN)c1cc2ccccc2o1. The fraction of sp³-hybridized carbons (Fsp3) is 0.529. The molecule has 1 aliphatic rings. The van der Waals surface area contributed by atoms with Crippen LogP contribution < -0.4 is 5.73 Å². The molecule has 2 N–H and O–H groups in total. The van der Waals surface area contributed by atoms with E-state index in [4.69, 9.17) is 14.9 Å². The van der Waals surface area contributed by atoms with Crippen LogP contribution in [0.5, 0.6) is 0 Å². The fourth-order valence-corrected chi connectivity index (χ4v) is 3.19. The van der Waals surface area contributed by atoms with Gasteiger partial charge in [-0.1, -0.05) is 25.1 Å². The van der Waals surface area contributed by atoms with Gasteiger partial charge >= 0.3 is 0 Å². The Kier molecular flexibility index (Phi) is 4.29. The lowest BCUT2D eigenvalue weighted by Crippen LogP contribution is -2.51. The van der Waals surface area contributed by atoms with Crippen molar-refractivity contribution < 1.29 is 9.15 Å². The highest BCUT2D eigenvalue weighted by molar-refractivity contribution is 5.77. The summed E-state index contributed by atoms with van der Waals surface area (Å²) >= 11 is 0. The number of para-hydroxylation sites is 1. The number of rotatable bonds is 4. The predicted octanol–water partition coefficient (Wildman–Crippen LogP) is 2.93. The predicted molar refractivity (Wildman–Crippen MR) is 84.2 cm³/mol. The molecular formula is C17H24N2O2. The van der Waals surface area contributed by atoms with Gasteiger partial charge in [0.25, 0.3) is 0 Å². The van der Waals surface area contributed by atoms with Crippen molar-refractivity contribution in [2.75, 3.05) is 19.7 Å². The first-order chi connectivity index (χ1) is 10.2. The Labute approximate surface area is 125 Å². The first kappa shape index (κ1) is 14.6. The van der Waals surface area contributed by atoms with Crippen molar-refractivity contribution >= 4 is 11.0 Å². The molecule has 4 heteroatoms. The molecule has 1 saturated heterocycles. The lowest BCUT2D eigenvalue weighted by molar-refractivity contribution is -0.0744. The van der Waals surface area contributed by atoms with E-state index in [0.29, 0.717) is 12.6 Å². The second-order valence-corrected chi connectivity index (χ2v) is 5.84. The van der Waals surface area contributed by atoms with E-state index >= 15 is 0 Å². The van der Waals surface area contributed by atoms with Gasteiger partial charge in [-0.05, 0) is 25.5 Å². The van der Waals surface area contributed by atoms with Gasteiger partial charge in [0.15, 0.2) is 0 Å². The molecule has 0 amide bonds. The summed E-state index contributed by atoms with van der Waals surface area (Å²) in [7, 11) is 0. The van der Waals surface area contributed by atoms with Gasteiger partial charge in [0.05, 0.1) is 18.8 Å². The van der Waals surface area contributed by atoms with Crippen LogP contribution in [0.15, 0.2) is 34.7 Å². The smallest absolute Gasteiger partial charge is 0.134 e. The van der Waals surface area contributed by atoms with Gasteiger partial charge in [-0.15, -0.1) is 0 Å². The molecule has 1 aromatic carbocycles.